The van der Waals surface area contributed by atoms with Gasteiger partial charge in [0.2, 0.25) is 0 Å². The highest BCUT2D eigenvalue weighted by atomic mass is 31.2. The molecule has 0 radical (unpaired) electrons. The molecule has 0 saturated heterocycles. The van der Waals surface area contributed by atoms with Gasteiger partial charge >= 0.3 is 36.1 Å². The summed E-state index contributed by atoms with van der Waals surface area (Å²) in [5, 5.41) is 0. The molecule has 0 bridgehead atoms. The summed E-state index contributed by atoms with van der Waals surface area (Å²) in [5.74, 6) is -1.63. The highest BCUT2D eigenvalue weighted by Gasteiger charge is 2.40. The molecule has 0 aliphatic heterocycles. The molecule has 51 heavy (non-hydrogen) atoms. The number of phosphoric ester groups is 2. The molecule has 16 nitrogen and oxygen atoms in total. The number of hydrogen-bond donors (Lipinski definition) is 2. The lowest BCUT2D eigenvalue weighted by Gasteiger charge is -2.39. The van der Waals surface area contributed by atoms with Crippen molar-refractivity contribution in [3.8, 4) is 0 Å². The number of hydrogen-bond acceptors (Lipinski definition) is 12. The van der Waals surface area contributed by atoms with Gasteiger partial charge < -0.3 is 36.5 Å². The molecule has 0 aromatic carbocycles. The molecule has 21 heteroatoms. The van der Waals surface area contributed by atoms with Gasteiger partial charge in [-0.25, -0.2) is 9.13 Å². The number of phosphoric acid groups is 2. The zero-order valence-corrected chi connectivity index (χ0v) is 38.5. The zero-order chi connectivity index (χ0) is 40.0. The summed E-state index contributed by atoms with van der Waals surface area (Å²) in [7, 11) is -3.90. The van der Waals surface area contributed by atoms with Gasteiger partial charge in [-0.1, -0.05) is 13.8 Å². The van der Waals surface area contributed by atoms with Crippen LogP contribution >= 0.6 is 15.6 Å². The molecule has 0 fully saturated rings. The Morgan fingerprint density at radius 3 is 1.16 bits per heavy atom. The van der Waals surface area contributed by atoms with Gasteiger partial charge in [-0.3, -0.25) is 27.7 Å². The average molecular weight is 829 g/mol. The largest absolute Gasteiger partial charge is 0.472 e. The van der Waals surface area contributed by atoms with Crippen molar-refractivity contribution in [2.75, 3.05) is 95.0 Å². The van der Waals surface area contributed by atoms with E-state index in [0.717, 1.165) is 0 Å². The van der Waals surface area contributed by atoms with E-state index in [2.05, 4.69) is 26.2 Å². The van der Waals surface area contributed by atoms with Crippen LogP contribution < -0.4 is 0 Å². The number of quaternary nitrogens is 2. The van der Waals surface area contributed by atoms with Crippen LogP contribution in [-0.4, -0.2) is 151 Å². The number of carbonyl (C=O) groups is 2. The van der Waals surface area contributed by atoms with Gasteiger partial charge in [-0.15, -0.1) is 0 Å². The molecule has 2 N–H and O–H groups in total. The van der Waals surface area contributed by atoms with Crippen molar-refractivity contribution < 1.29 is 73.3 Å². The molecule has 0 amide bonds. The molecule has 0 saturated carbocycles. The first-order valence-electron chi connectivity index (χ1n) is 17.4. The summed E-state index contributed by atoms with van der Waals surface area (Å²) in [6, 6.07) is 1.41. The van der Waals surface area contributed by atoms with Gasteiger partial charge in [-0.2, -0.15) is 0 Å². The number of likely N-dealkylation sites (N-methyl/N-ethyl adjacent to an activating group) is 2. The Hall–Kier alpha value is -0.349. The molecular weight excluding hydrogens is 759 g/mol. The lowest BCUT2D eigenvalue weighted by molar-refractivity contribution is -0.870. The first kappa shape index (κ1) is 50.7. The zero-order valence-electron chi connectivity index (χ0n) is 33.7. The van der Waals surface area contributed by atoms with Gasteiger partial charge in [0.15, 0.2) is 16.6 Å². The maximum absolute atomic E-state index is 12.5. The Morgan fingerprint density at radius 2 is 0.863 bits per heavy atom. The topological polar surface area (TPSA) is 183 Å². The standard InChI is InChI=1S/C30H68N2O14P2Si3/c1-27(29(33)39-21-23-43-47(35,36)41-19-17-31(3,4)5)15-25-49(9,10)45-51(13,14)46-50(11,12)26-16-28(2)30(34)40-22-24-44-48(37,38)42-20-18-32(6,7)8/h27-28H,15-26H2,1-14H3/p+2. The van der Waals surface area contributed by atoms with Crippen molar-refractivity contribution in [2.45, 2.75) is 78.1 Å². The molecule has 4 unspecified atom stereocenters. The summed E-state index contributed by atoms with van der Waals surface area (Å²) in [5.41, 5.74) is 0. The van der Waals surface area contributed by atoms with Crippen molar-refractivity contribution in [1.82, 2.24) is 0 Å². The summed E-state index contributed by atoms with van der Waals surface area (Å²) in [6.45, 7) is 16.3. The molecule has 0 aromatic heterocycles. The summed E-state index contributed by atoms with van der Waals surface area (Å²) < 4.78 is 68.7. The molecule has 0 heterocycles. The number of carbonyl (C=O) groups excluding carboxylic acids is 2. The third kappa shape index (κ3) is 27.8. The number of rotatable bonds is 28. The first-order valence-corrected chi connectivity index (χ1v) is 29.5. The Kier molecular flexibility index (Phi) is 21.5. The fourth-order valence-corrected chi connectivity index (χ4v) is 20.3. The minimum absolute atomic E-state index is 0.0575. The van der Waals surface area contributed by atoms with Crippen LogP contribution in [0.3, 0.4) is 0 Å². The SMILES string of the molecule is CC(CC[Si](C)(C)O[Si](C)(C)O[Si](C)(C)CCC(C)C(=O)OCCOP(=O)(O)OCC[N+](C)(C)C)C(=O)OCCOP(=O)(O)OCC[N+](C)(C)C. The van der Waals surface area contributed by atoms with E-state index in [9.17, 15) is 28.5 Å². The van der Waals surface area contributed by atoms with Crippen LogP contribution in [0.25, 0.3) is 0 Å². The maximum atomic E-state index is 12.5. The fraction of sp³-hybridized carbons (Fsp3) is 0.933. The summed E-state index contributed by atoms with van der Waals surface area (Å²) in [6.07, 6.45) is 1.11. The van der Waals surface area contributed by atoms with Gasteiger partial charge in [-0.05, 0) is 64.2 Å². The van der Waals surface area contributed by atoms with Crippen LogP contribution in [0.1, 0.15) is 26.7 Å². The highest BCUT2D eigenvalue weighted by molar-refractivity contribution is 7.47. The molecular formula is C30H70N2O14P2Si3+2. The minimum Gasteiger partial charge on any atom is -0.463 e. The first-order chi connectivity index (χ1) is 22.9. The van der Waals surface area contributed by atoms with Crippen molar-refractivity contribution in [3.63, 3.8) is 0 Å². The van der Waals surface area contributed by atoms with E-state index in [-0.39, 0.29) is 39.6 Å². The van der Waals surface area contributed by atoms with Gasteiger partial charge in [0, 0.05) is 0 Å². The second-order valence-corrected chi connectivity index (χ2v) is 32.0. The monoisotopic (exact) mass is 828 g/mol. The number of nitrogens with zero attached hydrogens (tertiary/aromatic N) is 2. The molecule has 0 aliphatic rings. The predicted octanol–water partition coefficient (Wildman–Crippen LogP) is 4.95. The second kappa shape index (κ2) is 21.7. The molecule has 0 spiro atoms. The van der Waals surface area contributed by atoms with E-state index in [4.69, 9.17) is 35.8 Å². The van der Waals surface area contributed by atoms with Crippen molar-refractivity contribution >= 4 is 52.8 Å². The van der Waals surface area contributed by atoms with Crippen LogP contribution in [0.2, 0.25) is 51.4 Å². The van der Waals surface area contributed by atoms with Crippen LogP contribution in [0.5, 0.6) is 0 Å². The van der Waals surface area contributed by atoms with Crippen molar-refractivity contribution in [1.29, 1.82) is 0 Å². The summed E-state index contributed by atoms with van der Waals surface area (Å²) >= 11 is 0. The number of ether oxygens (including phenoxy) is 2. The quantitative estimate of drug-likeness (QED) is 0.0355. The van der Waals surface area contributed by atoms with Crippen LogP contribution in [-0.2, 0) is 54.5 Å². The highest BCUT2D eigenvalue weighted by Crippen LogP contribution is 2.43. The van der Waals surface area contributed by atoms with E-state index in [0.29, 0.717) is 47.0 Å². The Morgan fingerprint density at radius 1 is 0.569 bits per heavy atom. The number of esters is 2. The Bertz CT molecular complexity index is 1080. The molecule has 0 rings (SSSR count). The Labute approximate surface area is 310 Å². The Balaban J connectivity index is 4.59. The van der Waals surface area contributed by atoms with E-state index < -0.39 is 64.6 Å². The predicted molar refractivity (Wildman–Crippen MR) is 203 cm³/mol. The smallest absolute Gasteiger partial charge is 0.463 e. The van der Waals surface area contributed by atoms with E-state index in [1.165, 1.54) is 0 Å². The third-order valence-electron chi connectivity index (χ3n) is 7.40. The second-order valence-electron chi connectivity index (χ2n) is 16.6. The lowest BCUT2D eigenvalue weighted by Crippen LogP contribution is -2.52. The van der Waals surface area contributed by atoms with Crippen molar-refractivity contribution in [3.05, 3.63) is 0 Å². The van der Waals surface area contributed by atoms with Crippen molar-refractivity contribution in [2.24, 2.45) is 11.8 Å². The van der Waals surface area contributed by atoms with E-state index in [1.54, 1.807) is 13.8 Å². The van der Waals surface area contributed by atoms with Crippen LogP contribution in [0, 0.1) is 11.8 Å². The van der Waals surface area contributed by atoms with E-state index >= 15 is 0 Å². The lowest BCUT2D eigenvalue weighted by atomic mass is 10.1. The van der Waals surface area contributed by atoms with Gasteiger partial charge in [0.05, 0.1) is 67.3 Å². The average Bonchev–Trinajstić information content (AvgIpc) is 2.92. The molecule has 304 valence electrons. The maximum Gasteiger partial charge on any atom is 0.472 e. The molecule has 4 atom stereocenters. The van der Waals surface area contributed by atoms with E-state index in [1.807, 2.05) is 55.4 Å². The normalized spacial score (nSPS) is 16.9. The summed E-state index contributed by atoms with van der Waals surface area (Å²) in [4.78, 5) is 44.7. The minimum atomic E-state index is -4.22. The molecule has 0 aromatic rings. The van der Waals surface area contributed by atoms with Crippen LogP contribution in [0.15, 0.2) is 0 Å². The fourth-order valence-electron chi connectivity index (χ4n) is 4.63. The van der Waals surface area contributed by atoms with Gasteiger partial charge in [0.25, 0.3) is 0 Å². The van der Waals surface area contributed by atoms with Crippen LogP contribution in [0.4, 0.5) is 0 Å². The third-order valence-corrected chi connectivity index (χ3v) is 20.8. The molecule has 0 aliphatic carbocycles. The van der Waals surface area contributed by atoms with Gasteiger partial charge in [0.1, 0.15) is 39.5 Å².